The molecular weight excluding hydrogens is 338 g/mol. The van der Waals surface area contributed by atoms with E-state index in [1.165, 1.54) is 10.9 Å². The van der Waals surface area contributed by atoms with E-state index < -0.39 is 10.0 Å². The van der Waals surface area contributed by atoms with Crippen LogP contribution >= 0.6 is 0 Å². The van der Waals surface area contributed by atoms with Crippen LogP contribution in [0.3, 0.4) is 0 Å². The van der Waals surface area contributed by atoms with E-state index >= 15 is 0 Å². The van der Waals surface area contributed by atoms with Crippen molar-refractivity contribution < 1.29 is 8.42 Å². The SMILES string of the molecule is Cc1cc(NCCNS(=O)(=O)c2cn(C)nc2C)c2ccccc2n1. The molecule has 25 heavy (non-hydrogen) atoms. The Kier molecular flexibility index (Phi) is 4.73. The van der Waals surface area contributed by atoms with E-state index in [1.807, 2.05) is 37.3 Å². The Labute approximate surface area is 147 Å². The molecule has 0 radical (unpaired) electrons. The minimum Gasteiger partial charge on any atom is -0.383 e. The number of fused-ring (bicyclic) bond motifs is 1. The number of para-hydroxylation sites is 1. The molecule has 7 nitrogen and oxygen atoms in total. The van der Waals surface area contributed by atoms with Gasteiger partial charge in [-0.1, -0.05) is 18.2 Å². The molecule has 1 aromatic carbocycles. The number of hydrogen-bond acceptors (Lipinski definition) is 5. The third kappa shape index (κ3) is 3.80. The molecule has 0 saturated heterocycles. The van der Waals surface area contributed by atoms with Gasteiger partial charge in [-0.25, -0.2) is 13.1 Å². The second-order valence-corrected chi connectivity index (χ2v) is 7.64. The minimum atomic E-state index is -3.56. The van der Waals surface area contributed by atoms with Gasteiger partial charge in [-0.2, -0.15) is 5.10 Å². The predicted octanol–water partition coefficient (Wildman–Crippen LogP) is 1.98. The quantitative estimate of drug-likeness (QED) is 0.657. The molecule has 132 valence electrons. The summed E-state index contributed by atoms with van der Waals surface area (Å²) in [5.41, 5.74) is 3.25. The van der Waals surface area contributed by atoms with E-state index in [0.717, 1.165) is 22.3 Å². The first kappa shape index (κ1) is 17.4. The molecule has 0 amide bonds. The molecule has 8 heteroatoms. The highest BCUT2D eigenvalue weighted by Crippen LogP contribution is 2.22. The van der Waals surface area contributed by atoms with Crippen LogP contribution < -0.4 is 10.0 Å². The van der Waals surface area contributed by atoms with Crippen LogP contribution in [0.5, 0.6) is 0 Å². The molecule has 0 aliphatic carbocycles. The first-order valence-electron chi connectivity index (χ1n) is 7.97. The second kappa shape index (κ2) is 6.81. The maximum atomic E-state index is 12.3. The molecule has 0 fully saturated rings. The van der Waals surface area contributed by atoms with Crippen molar-refractivity contribution in [3.8, 4) is 0 Å². The number of rotatable bonds is 6. The van der Waals surface area contributed by atoms with E-state index in [0.29, 0.717) is 12.2 Å². The summed E-state index contributed by atoms with van der Waals surface area (Å²) in [5, 5.41) is 8.37. The number of hydrogen-bond donors (Lipinski definition) is 2. The summed E-state index contributed by atoms with van der Waals surface area (Å²) in [7, 11) is -1.86. The molecule has 0 aliphatic heterocycles. The van der Waals surface area contributed by atoms with Crippen LogP contribution in [0.15, 0.2) is 41.4 Å². The van der Waals surface area contributed by atoms with Crippen LogP contribution in [0.2, 0.25) is 0 Å². The molecule has 0 atom stereocenters. The fourth-order valence-electron chi connectivity index (χ4n) is 2.76. The average Bonchev–Trinajstić information content (AvgIpc) is 2.90. The largest absolute Gasteiger partial charge is 0.383 e. The van der Waals surface area contributed by atoms with Gasteiger partial charge in [0.05, 0.1) is 11.2 Å². The first-order chi connectivity index (χ1) is 11.9. The molecule has 2 N–H and O–H groups in total. The van der Waals surface area contributed by atoms with Gasteiger partial charge in [-0.3, -0.25) is 9.67 Å². The van der Waals surface area contributed by atoms with Crippen molar-refractivity contribution >= 4 is 26.6 Å². The Morgan fingerprint density at radius 2 is 1.92 bits per heavy atom. The number of aryl methyl sites for hydroxylation is 3. The zero-order valence-electron chi connectivity index (χ0n) is 14.4. The van der Waals surface area contributed by atoms with E-state index in [1.54, 1.807) is 14.0 Å². The lowest BCUT2D eigenvalue weighted by molar-refractivity contribution is 0.582. The highest BCUT2D eigenvalue weighted by molar-refractivity contribution is 7.89. The van der Waals surface area contributed by atoms with Crippen molar-refractivity contribution in [2.45, 2.75) is 18.7 Å². The van der Waals surface area contributed by atoms with Crippen molar-refractivity contribution in [2.24, 2.45) is 7.05 Å². The maximum Gasteiger partial charge on any atom is 0.244 e. The Morgan fingerprint density at radius 3 is 2.64 bits per heavy atom. The van der Waals surface area contributed by atoms with Crippen LogP contribution in [0, 0.1) is 13.8 Å². The second-order valence-electron chi connectivity index (χ2n) is 5.91. The third-order valence-corrected chi connectivity index (χ3v) is 5.40. The van der Waals surface area contributed by atoms with Gasteiger partial charge in [0.15, 0.2) is 0 Å². The van der Waals surface area contributed by atoms with Crippen LogP contribution in [-0.4, -0.2) is 36.3 Å². The Bertz CT molecular complexity index is 1010. The highest BCUT2D eigenvalue weighted by Gasteiger charge is 2.19. The van der Waals surface area contributed by atoms with Crippen LogP contribution in [-0.2, 0) is 17.1 Å². The lowest BCUT2D eigenvalue weighted by Crippen LogP contribution is -2.29. The van der Waals surface area contributed by atoms with Gasteiger partial charge < -0.3 is 5.32 Å². The summed E-state index contributed by atoms with van der Waals surface area (Å²) in [5.74, 6) is 0. The van der Waals surface area contributed by atoms with Gasteiger partial charge in [0.1, 0.15) is 4.90 Å². The standard InChI is InChI=1S/C17H21N5O2S/c1-12-10-16(14-6-4-5-7-15(14)20-12)18-8-9-19-25(23,24)17-11-22(3)21-13(17)2/h4-7,10-11,19H,8-9H2,1-3H3,(H,18,20). The van der Waals surface area contributed by atoms with Crippen LogP contribution in [0.25, 0.3) is 10.9 Å². The van der Waals surface area contributed by atoms with Gasteiger partial charge in [0, 0.05) is 43.1 Å². The highest BCUT2D eigenvalue weighted by atomic mass is 32.2. The number of benzene rings is 1. The van der Waals surface area contributed by atoms with Crippen LogP contribution in [0.4, 0.5) is 5.69 Å². The Hall–Kier alpha value is -2.45. The number of nitrogens with zero attached hydrogens (tertiary/aromatic N) is 3. The summed E-state index contributed by atoms with van der Waals surface area (Å²) in [6.07, 6.45) is 1.50. The average molecular weight is 359 g/mol. The zero-order valence-corrected chi connectivity index (χ0v) is 15.3. The molecule has 0 bridgehead atoms. The smallest absolute Gasteiger partial charge is 0.244 e. The third-order valence-electron chi connectivity index (χ3n) is 3.83. The van der Waals surface area contributed by atoms with E-state index in [-0.39, 0.29) is 11.4 Å². The van der Waals surface area contributed by atoms with Crippen molar-refractivity contribution in [2.75, 3.05) is 18.4 Å². The summed E-state index contributed by atoms with van der Waals surface area (Å²) < 4.78 is 28.8. The number of anilines is 1. The Morgan fingerprint density at radius 1 is 1.16 bits per heavy atom. The first-order valence-corrected chi connectivity index (χ1v) is 9.45. The molecule has 2 aromatic heterocycles. The lowest BCUT2D eigenvalue weighted by Gasteiger charge is -2.11. The number of aromatic nitrogens is 3. The van der Waals surface area contributed by atoms with Gasteiger partial charge in [-0.15, -0.1) is 0 Å². The molecule has 2 heterocycles. The fourth-order valence-corrected chi connectivity index (χ4v) is 4.00. The molecule has 3 aromatic rings. The van der Waals surface area contributed by atoms with Crippen molar-refractivity contribution in [1.29, 1.82) is 0 Å². The number of pyridine rings is 1. The molecular formula is C17H21N5O2S. The van der Waals surface area contributed by atoms with Gasteiger partial charge in [0.25, 0.3) is 0 Å². The summed E-state index contributed by atoms with van der Waals surface area (Å²) in [6, 6.07) is 9.82. The summed E-state index contributed by atoms with van der Waals surface area (Å²) in [4.78, 5) is 4.70. The summed E-state index contributed by atoms with van der Waals surface area (Å²) in [6.45, 7) is 4.35. The molecule has 0 unspecified atom stereocenters. The zero-order chi connectivity index (χ0) is 18.0. The number of sulfonamides is 1. The van der Waals surface area contributed by atoms with Crippen molar-refractivity contribution in [3.63, 3.8) is 0 Å². The minimum absolute atomic E-state index is 0.209. The maximum absolute atomic E-state index is 12.3. The summed E-state index contributed by atoms with van der Waals surface area (Å²) >= 11 is 0. The fraction of sp³-hybridized carbons (Fsp3) is 0.294. The topological polar surface area (TPSA) is 88.9 Å². The van der Waals surface area contributed by atoms with Crippen molar-refractivity contribution in [3.05, 3.63) is 47.9 Å². The normalized spacial score (nSPS) is 11.8. The number of nitrogens with one attached hydrogen (secondary N) is 2. The Balaban J connectivity index is 1.67. The monoisotopic (exact) mass is 359 g/mol. The molecule has 0 spiro atoms. The van der Waals surface area contributed by atoms with Gasteiger partial charge in [0.2, 0.25) is 10.0 Å². The van der Waals surface area contributed by atoms with E-state index in [4.69, 9.17) is 0 Å². The van der Waals surface area contributed by atoms with E-state index in [2.05, 4.69) is 20.1 Å². The van der Waals surface area contributed by atoms with Crippen LogP contribution in [0.1, 0.15) is 11.4 Å². The van der Waals surface area contributed by atoms with Gasteiger partial charge in [-0.05, 0) is 26.0 Å². The predicted molar refractivity (Wildman–Crippen MR) is 98.1 cm³/mol. The lowest BCUT2D eigenvalue weighted by atomic mass is 10.1. The van der Waals surface area contributed by atoms with Crippen molar-refractivity contribution in [1.82, 2.24) is 19.5 Å². The van der Waals surface area contributed by atoms with Gasteiger partial charge >= 0.3 is 0 Å². The molecule has 0 saturated carbocycles. The molecule has 0 aliphatic rings. The van der Waals surface area contributed by atoms with E-state index in [9.17, 15) is 8.42 Å². The molecule has 3 rings (SSSR count).